The Labute approximate surface area is 394 Å². The van der Waals surface area contributed by atoms with Crippen molar-refractivity contribution in [2.75, 3.05) is 4.90 Å². The number of rotatable bonds is 10. The number of hydrogen-bond acceptors (Lipinski definition) is 5. The third-order valence-electron chi connectivity index (χ3n) is 13.3. The first-order valence-electron chi connectivity index (χ1n) is 22.9. The fourth-order valence-corrected chi connectivity index (χ4v) is 9.73. The summed E-state index contributed by atoms with van der Waals surface area (Å²) in [7, 11) is 0. The summed E-state index contributed by atoms with van der Waals surface area (Å²) >= 11 is 0. The first-order chi connectivity index (χ1) is 32.7. The second kappa shape index (κ2) is 18.7. The topological polar surface area (TPSA) is 85.5 Å². The van der Waals surface area contributed by atoms with Crippen LogP contribution in [0.2, 0.25) is 0 Å². The van der Waals surface area contributed by atoms with Crippen LogP contribution in [0.1, 0.15) is 62.8 Å². The number of anilines is 1. The van der Waals surface area contributed by atoms with Gasteiger partial charge in [0, 0.05) is 63.5 Å². The molecule has 330 valence electrons. The molecule has 2 atom stereocenters. The molecule has 4 N–H and O–H groups in total. The zero-order valence-corrected chi connectivity index (χ0v) is 38.9. The van der Waals surface area contributed by atoms with Gasteiger partial charge in [0.15, 0.2) is 0 Å². The van der Waals surface area contributed by atoms with E-state index in [1.807, 2.05) is 62.7 Å². The van der Waals surface area contributed by atoms with Crippen LogP contribution in [-0.4, -0.2) is 15.8 Å². The maximum absolute atomic E-state index is 6.51. The second-order valence-corrected chi connectivity index (χ2v) is 17.2. The van der Waals surface area contributed by atoms with E-state index in [0.29, 0.717) is 0 Å². The van der Waals surface area contributed by atoms with Gasteiger partial charge in [0.05, 0.1) is 33.8 Å². The number of benzene rings is 5. The van der Waals surface area contributed by atoms with Crippen molar-refractivity contribution in [3.63, 3.8) is 0 Å². The highest BCUT2D eigenvalue weighted by Gasteiger charge is 2.34. The molecule has 3 heterocycles. The molecule has 1 aliphatic heterocycles. The molecule has 2 aliphatic rings. The highest BCUT2D eigenvalue weighted by molar-refractivity contribution is 6.13. The largest absolute Gasteiger partial charge is 0.405 e. The molecule has 0 saturated carbocycles. The van der Waals surface area contributed by atoms with E-state index in [-0.39, 0.29) is 11.8 Å². The number of aromatic nitrogens is 2. The Morgan fingerprint density at radius 3 is 2.13 bits per heavy atom. The highest BCUT2D eigenvalue weighted by atomic mass is 15.1. The number of allylic oxidation sites excluding steroid dienone is 11. The maximum atomic E-state index is 6.51. The zero-order valence-electron chi connectivity index (χ0n) is 38.9. The quantitative estimate of drug-likeness (QED) is 0.106. The average molecular weight is 873 g/mol. The molecule has 0 amide bonds. The van der Waals surface area contributed by atoms with Crippen molar-refractivity contribution < 1.29 is 0 Å². The normalized spacial score (nSPS) is 18.4. The summed E-state index contributed by atoms with van der Waals surface area (Å²) in [5.41, 5.74) is 32.9. The number of pyridine rings is 1. The lowest BCUT2D eigenvalue weighted by molar-refractivity contribution is 0.562. The molecule has 2 unspecified atom stereocenters. The van der Waals surface area contributed by atoms with Crippen molar-refractivity contribution >= 4 is 56.2 Å². The van der Waals surface area contributed by atoms with Gasteiger partial charge in [-0.25, -0.2) is 0 Å². The summed E-state index contributed by atoms with van der Waals surface area (Å²) in [5, 5.41) is 2.39. The molecule has 67 heavy (non-hydrogen) atoms. The van der Waals surface area contributed by atoms with Crippen molar-refractivity contribution in [3.05, 3.63) is 229 Å². The van der Waals surface area contributed by atoms with E-state index < -0.39 is 0 Å². The monoisotopic (exact) mass is 872 g/mol. The molecule has 0 radical (unpaired) electrons. The van der Waals surface area contributed by atoms with Gasteiger partial charge >= 0.3 is 0 Å². The van der Waals surface area contributed by atoms with Gasteiger partial charge in [0.25, 0.3) is 0 Å². The summed E-state index contributed by atoms with van der Waals surface area (Å²) in [6, 6.07) is 41.5. The van der Waals surface area contributed by atoms with E-state index in [0.717, 1.165) is 89.6 Å². The third-order valence-corrected chi connectivity index (χ3v) is 13.3. The predicted molar refractivity (Wildman–Crippen MR) is 288 cm³/mol. The third kappa shape index (κ3) is 8.12. The van der Waals surface area contributed by atoms with E-state index in [1.54, 1.807) is 18.5 Å². The van der Waals surface area contributed by atoms with Crippen LogP contribution in [0.4, 0.5) is 5.69 Å². The molecule has 0 fully saturated rings. The maximum Gasteiger partial charge on any atom is 0.0701 e. The van der Waals surface area contributed by atoms with Gasteiger partial charge in [-0.1, -0.05) is 112 Å². The zero-order chi connectivity index (χ0) is 46.8. The van der Waals surface area contributed by atoms with Gasteiger partial charge in [-0.15, -0.1) is 0 Å². The van der Waals surface area contributed by atoms with Crippen molar-refractivity contribution in [1.82, 2.24) is 9.55 Å². The van der Waals surface area contributed by atoms with E-state index in [4.69, 9.17) is 18.0 Å². The SMILES string of the molecule is C=C/C=C(\N=CC)c1ccc(-c2ccc3c(c2)c2cc4c(cc2n3/C(C)=C/C=C\N)C2=C/N(C(/C=C\C)=C/N)c3ccc(-c5ccc(-c6ccccn6)cc5)cc3C(=C)/C=C\2C(C)C4C)cc1. The number of hydrogen-bond donors (Lipinski definition) is 2. The van der Waals surface area contributed by atoms with Crippen LogP contribution in [0, 0.1) is 5.92 Å². The molecular formula is C61H56N6. The summed E-state index contributed by atoms with van der Waals surface area (Å²) in [5.74, 6) is 0.392. The van der Waals surface area contributed by atoms with Crippen LogP contribution in [-0.2, 0) is 0 Å². The van der Waals surface area contributed by atoms with Crippen LogP contribution >= 0.6 is 0 Å². The van der Waals surface area contributed by atoms with E-state index in [9.17, 15) is 0 Å². The summed E-state index contributed by atoms with van der Waals surface area (Å²) in [6.07, 6.45) is 23.3. The number of fused-ring (bicyclic) bond motifs is 7. The molecular weight excluding hydrogens is 817 g/mol. The molecule has 9 rings (SSSR count). The fourth-order valence-electron chi connectivity index (χ4n) is 9.73. The lowest BCUT2D eigenvalue weighted by Crippen LogP contribution is -2.24. The molecule has 0 bridgehead atoms. The molecule has 0 spiro atoms. The van der Waals surface area contributed by atoms with Crippen LogP contribution in [0.15, 0.2) is 212 Å². The van der Waals surface area contributed by atoms with Crippen LogP contribution < -0.4 is 16.4 Å². The van der Waals surface area contributed by atoms with Gasteiger partial charge in [0.2, 0.25) is 0 Å². The molecule has 0 saturated heterocycles. The van der Waals surface area contributed by atoms with Crippen molar-refractivity contribution in [3.8, 4) is 33.5 Å². The van der Waals surface area contributed by atoms with E-state index in [2.05, 4.69) is 168 Å². The van der Waals surface area contributed by atoms with Crippen molar-refractivity contribution in [2.24, 2.45) is 22.4 Å². The van der Waals surface area contributed by atoms with E-state index in [1.165, 1.54) is 27.5 Å². The first-order valence-corrected chi connectivity index (χ1v) is 22.9. The smallest absolute Gasteiger partial charge is 0.0701 e. The van der Waals surface area contributed by atoms with Gasteiger partial charge in [-0.3, -0.25) is 9.98 Å². The number of aliphatic imine (C=N–C) groups is 1. The van der Waals surface area contributed by atoms with Crippen molar-refractivity contribution in [2.45, 2.75) is 40.5 Å². The minimum absolute atomic E-state index is 0.182. The summed E-state index contributed by atoms with van der Waals surface area (Å²) < 4.78 is 2.37. The molecule has 2 aromatic heterocycles. The average Bonchev–Trinajstić information content (AvgIpc) is 3.68. The molecule has 6 nitrogen and oxygen atoms in total. The molecule has 7 aromatic rings. The minimum atomic E-state index is 0.182. The lowest BCUT2D eigenvalue weighted by atomic mass is 9.70. The van der Waals surface area contributed by atoms with Crippen molar-refractivity contribution in [1.29, 1.82) is 0 Å². The van der Waals surface area contributed by atoms with E-state index >= 15 is 0 Å². The Morgan fingerprint density at radius 1 is 0.746 bits per heavy atom. The predicted octanol–water partition coefficient (Wildman–Crippen LogP) is 15.1. The first kappa shape index (κ1) is 44.0. The Bertz CT molecular complexity index is 3330. The Balaban J connectivity index is 1.22. The minimum Gasteiger partial charge on any atom is -0.405 e. The van der Waals surface area contributed by atoms with Crippen LogP contribution in [0.3, 0.4) is 0 Å². The number of nitrogens with zero attached hydrogens (tertiary/aromatic N) is 4. The second-order valence-electron chi connectivity index (χ2n) is 17.2. The molecule has 5 aromatic carbocycles. The van der Waals surface area contributed by atoms with Gasteiger partial charge in [0.1, 0.15) is 0 Å². The molecule has 1 aliphatic carbocycles. The Hall–Kier alpha value is -8.22. The fraction of sp³-hybridized carbons (Fsp3) is 0.115. The number of nitrogens with two attached hydrogens (primary N) is 2. The van der Waals surface area contributed by atoms with Crippen LogP contribution in [0.25, 0.3) is 77.9 Å². The highest BCUT2D eigenvalue weighted by Crippen LogP contribution is 2.51. The Morgan fingerprint density at radius 2 is 1.45 bits per heavy atom. The van der Waals surface area contributed by atoms with Gasteiger partial charge in [-0.05, 0) is 156 Å². The standard InChI is InChI=1S/C61H56N6/c1-8-14-49(37-63)66-38-56-51(32-39(4)50-33-47(26-28-59(50)66)43-20-24-46(25-21-43)58-17-11-12-31-65-58)41(6)42(7)52-35-55-54-34-48(44-18-22-45(23-19-44)57(15-9-2)64-10-3)27-29-60(54)67(40(5)16-13-30-62)61(55)36-53(52)56/h8-38,41-42H,2,4,62-63H2,1,3,5-7H3/b14-8-,30-13-,40-16+,49-37+,51-32-,56-38+,57-15-,64-10?. The summed E-state index contributed by atoms with van der Waals surface area (Å²) in [4.78, 5) is 11.4. The van der Waals surface area contributed by atoms with Gasteiger partial charge in [-0.2, -0.15) is 0 Å². The van der Waals surface area contributed by atoms with Gasteiger partial charge < -0.3 is 20.9 Å². The lowest BCUT2D eigenvalue weighted by Gasteiger charge is -2.37. The van der Waals surface area contributed by atoms with Crippen LogP contribution in [0.5, 0.6) is 0 Å². The summed E-state index contributed by atoms with van der Waals surface area (Å²) in [6.45, 7) is 19.5. The Kier molecular flexibility index (Phi) is 12.3. The molecule has 6 heteroatoms.